The molecule has 1 aliphatic rings. The van der Waals surface area contributed by atoms with Gasteiger partial charge >= 0.3 is 0 Å². The van der Waals surface area contributed by atoms with Gasteiger partial charge in [0.15, 0.2) is 0 Å². The molecule has 140 valence electrons. The highest BCUT2D eigenvalue weighted by molar-refractivity contribution is 7.10. The molecule has 0 spiro atoms. The summed E-state index contributed by atoms with van der Waals surface area (Å²) in [6.45, 7) is 11.2. The molecule has 0 radical (unpaired) electrons. The smallest absolute Gasteiger partial charge is 0.252 e. The molecule has 26 heavy (non-hydrogen) atoms. The van der Waals surface area contributed by atoms with E-state index in [1.165, 1.54) is 16.0 Å². The van der Waals surface area contributed by atoms with Crippen LogP contribution in [0.15, 0.2) is 23.7 Å². The van der Waals surface area contributed by atoms with Gasteiger partial charge in [-0.2, -0.15) is 0 Å². The number of carbonyl (C=O) groups excluding carboxylic acids is 1. The van der Waals surface area contributed by atoms with E-state index in [9.17, 15) is 4.79 Å². The molecule has 4 nitrogen and oxygen atoms in total. The summed E-state index contributed by atoms with van der Waals surface area (Å²) in [5.41, 5.74) is 4.52. The number of hydrogen-bond acceptors (Lipinski definition) is 4. The number of amides is 1. The molecule has 1 amide bonds. The van der Waals surface area contributed by atoms with Crippen molar-refractivity contribution < 1.29 is 4.79 Å². The molecule has 1 N–H and O–H groups in total. The molecule has 0 saturated carbocycles. The number of nitrogens with zero attached hydrogens (tertiary/aromatic N) is 2. The summed E-state index contributed by atoms with van der Waals surface area (Å²) in [6.07, 6.45) is 3.94. The van der Waals surface area contributed by atoms with Gasteiger partial charge in [-0.05, 0) is 42.9 Å². The summed E-state index contributed by atoms with van der Waals surface area (Å²) in [5, 5.41) is 5.17. The van der Waals surface area contributed by atoms with Crippen LogP contribution in [0, 0.1) is 5.92 Å². The second kappa shape index (κ2) is 8.31. The zero-order valence-electron chi connectivity index (χ0n) is 16.2. The summed E-state index contributed by atoms with van der Waals surface area (Å²) >= 11 is 1.71. The Morgan fingerprint density at radius 2 is 2.15 bits per heavy atom. The van der Waals surface area contributed by atoms with Gasteiger partial charge in [-0.1, -0.05) is 26.8 Å². The van der Waals surface area contributed by atoms with Gasteiger partial charge in [0, 0.05) is 42.1 Å². The highest BCUT2D eigenvalue weighted by Crippen LogP contribution is 2.29. The third kappa shape index (κ3) is 4.33. The quantitative estimate of drug-likeness (QED) is 0.833. The highest BCUT2D eigenvalue weighted by Gasteiger charge is 2.25. The first kappa shape index (κ1) is 19.1. The predicted molar refractivity (Wildman–Crippen MR) is 108 cm³/mol. The minimum Gasteiger partial charge on any atom is -0.349 e. The fourth-order valence-electron chi connectivity index (χ4n) is 3.14. The maximum atomic E-state index is 12.6. The standard InChI is InChI=1S/C21H29N3OS/c1-5-16-6-7-17(22-10-16)11-24-9-8-18-19(13-26-20(18)12-24)21(25)23-15(4)14(2)3/h6-7,10,13-15H,5,8-9,11-12H2,1-4H3,(H,23,25)/t15-/m0/s1. The number of rotatable bonds is 6. The van der Waals surface area contributed by atoms with Crippen LogP contribution in [0.3, 0.4) is 0 Å². The van der Waals surface area contributed by atoms with Crippen molar-refractivity contribution in [3.63, 3.8) is 0 Å². The summed E-state index contributed by atoms with van der Waals surface area (Å²) < 4.78 is 0. The Bertz CT molecular complexity index is 751. The Hall–Kier alpha value is -1.72. The first-order valence-corrected chi connectivity index (χ1v) is 10.4. The van der Waals surface area contributed by atoms with Crippen LogP contribution in [-0.2, 0) is 25.9 Å². The van der Waals surface area contributed by atoms with E-state index in [0.717, 1.165) is 43.7 Å². The molecule has 0 unspecified atom stereocenters. The Morgan fingerprint density at radius 1 is 1.35 bits per heavy atom. The van der Waals surface area contributed by atoms with Gasteiger partial charge in [0.2, 0.25) is 0 Å². The van der Waals surface area contributed by atoms with E-state index in [1.807, 2.05) is 11.6 Å². The Labute approximate surface area is 160 Å². The summed E-state index contributed by atoms with van der Waals surface area (Å²) in [4.78, 5) is 20.9. The van der Waals surface area contributed by atoms with Gasteiger partial charge in [-0.15, -0.1) is 11.3 Å². The lowest BCUT2D eigenvalue weighted by Crippen LogP contribution is -2.37. The van der Waals surface area contributed by atoms with E-state index in [4.69, 9.17) is 0 Å². The molecule has 5 heteroatoms. The average Bonchev–Trinajstić information content (AvgIpc) is 3.05. The number of hydrogen-bond donors (Lipinski definition) is 1. The molecule has 3 heterocycles. The van der Waals surface area contributed by atoms with Crippen LogP contribution in [-0.4, -0.2) is 28.4 Å². The molecule has 0 aliphatic carbocycles. The maximum absolute atomic E-state index is 12.6. The van der Waals surface area contributed by atoms with Crippen LogP contribution in [0.2, 0.25) is 0 Å². The second-order valence-corrected chi connectivity index (χ2v) is 8.49. The van der Waals surface area contributed by atoms with Crippen molar-refractivity contribution in [2.24, 2.45) is 5.92 Å². The molecule has 0 bridgehead atoms. The maximum Gasteiger partial charge on any atom is 0.252 e. The zero-order chi connectivity index (χ0) is 18.7. The van der Waals surface area contributed by atoms with E-state index in [-0.39, 0.29) is 11.9 Å². The summed E-state index contributed by atoms with van der Waals surface area (Å²) in [6, 6.07) is 4.49. The molecule has 0 aromatic carbocycles. The summed E-state index contributed by atoms with van der Waals surface area (Å²) in [7, 11) is 0. The van der Waals surface area contributed by atoms with E-state index in [2.05, 4.69) is 55.0 Å². The molecule has 0 saturated heterocycles. The van der Waals surface area contributed by atoms with Crippen LogP contribution >= 0.6 is 11.3 Å². The van der Waals surface area contributed by atoms with Gasteiger partial charge in [-0.3, -0.25) is 14.7 Å². The lowest BCUT2D eigenvalue weighted by molar-refractivity contribution is 0.0929. The van der Waals surface area contributed by atoms with Crippen LogP contribution in [0.1, 0.15) is 59.8 Å². The van der Waals surface area contributed by atoms with Gasteiger partial charge in [-0.25, -0.2) is 0 Å². The van der Waals surface area contributed by atoms with E-state index >= 15 is 0 Å². The number of nitrogens with one attached hydrogen (secondary N) is 1. The van der Waals surface area contributed by atoms with Crippen molar-refractivity contribution in [3.05, 3.63) is 51.0 Å². The monoisotopic (exact) mass is 371 g/mol. The predicted octanol–water partition coefficient (Wildman–Crippen LogP) is 4.04. The Kier molecular flexibility index (Phi) is 6.09. The SMILES string of the molecule is CCc1ccc(CN2CCc3c(C(=O)N[C@@H](C)C(C)C)csc3C2)nc1. The fourth-order valence-corrected chi connectivity index (χ4v) is 4.27. The second-order valence-electron chi connectivity index (χ2n) is 7.53. The lowest BCUT2D eigenvalue weighted by Gasteiger charge is -2.27. The Balaban J connectivity index is 1.64. The zero-order valence-corrected chi connectivity index (χ0v) is 17.0. The van der Waals surface area contributed by atoms with Crippen LogP contribution in [0.5, 0.6) is 0 Å². The lowest BCUT2D eigenvalue weighted by atomic mass is 10.0. The highest BCUT2D eigenvalue weighted by atomic mass is 32.1. The molecule has 0 fully saturated rings. The van der Waals surface area contributed by atoms with E-state index < -0.39 is 0 Å². The Morgan fingerprint density at radius 3 is 2.81 bits per heavy atom. The number of pyridine rings is 1. The van der Waals surface area contributed by atoms with Crippen molar-refractivity contribution >= 4 is 17.2 Å². The largest absolute Gasteiger partial charge is 0.349 e. The van der Waals surface area contributed by atoms with Crippen LogP contribution < -0.4 is 5.32 Å². The molecule has 1 aliphatic heterocycles. The number of aryl methyl sites for hydroxylation is 1. The molecule has 1 atom stereocenters. The number of fused-ring (bicyclic) bond motifs is 1. The molecule has 2 aromatic rings. The third-order valence-electron chi connectivity index (χ3n) is 5.31. The first-order chi connectivity index (χ1) is 12.5. The normalized spacial score (nSPS) is 15.7. The first-order valence-electron chi connectivity index (χ1n) is 9.54. The molecule has 3 rings (SSSR count). The van der Waals surface area contributed by atoms with Crippen molar-refractivity contribution in [1.82, 2.24) is 15.2 Å². The number of carbonyl (C=O) groups is 1. The average molecular weight is 372 g/mol. The fraction of sp³-hybridized carbons (Fsp3) is 0.524. The van der Waals surface area contributed by atoms with Gasteiger partial charge in [0.25, 0.3) is 5.91 Å². The minimum atomic E-state index is 0.0778. The number of thiophene rings is 1. The molecular formula is C21H29N3OS. The van der Waals surface area contributed by atoms with Crippen molar-refractivity contribution in [3.8, 4) is 0 Å². The summed E-state index contributed by atoms with van der Waals surface area (Å²) in [5.74, 6) is 0.518. The number of aromatic nitrogens is 1. The van der Waals surface area contributed by atoms with E-state index in [0.29, 0.717) is 5.92 Å². The van der Waals surface area contributed by atoms with Crippen molar-refractivity contribution in [2.45, 2.75) is 59.7 Å². The van der Waals surface area contributed by atoms with Gasteiger partial charge < -0.3 is 5.32 Å². The van der Waals surface area contributed by atoms with Gasteiger partial charge in [0.05, 0.1) is 11.3 Å². The van der Waals surface area contributed by atoms with Crippen molar-refractivity contribution in [2.75, 3.05) is 6.54 Å². The van der Waals surface area contributed by atoms with Gasteiger partial charge in [0.1, 0.15) is 0 Å². The molecular weight excluding hydrogens is 342 g/mol. The topological polar surface area (TPSA) is 45.2 Å². The molecule has 2 aromatic heterocycles. The van der Waals surface area contributed by atoms with Crippen LogP contribution in [0.25, 0.3) is 0 Å². The minimum absolute atomic E-state index is 0.0778. The van der Waals surface area contributed by atoms with Crippen LogP contribution in [0.4, 0.5) is 0 Å². The third-order valence-corrected chi connectivity index (χ3v) is 6.32. The van der Waals surface area contributed by atoms with E-state index in [1.54, 1.807) is 11.3 Å². The van der Waals surface area contributed by atoms with Crippen molar-refractivity contribution in [1.29, 1.82) is 0 Å².